The first-order valence-corrected chi connectivity index (χ1v) is 2.90. The Morgan fingerprint density at radius 3 is 2.25 bits per heavy atom. The standard InChI is InChI=1S/C6H7N3O2.Co/c7-5-2-1-4(9(10)11)3-6(5)8;/h1-3H,7-8H2;. The van der Waals surface area contributed by atoms with Crippen LogP contribution in [0.4, 0.5) is 17.1 Å². The van der Waals surface area contributed by atoms with Crippen molar-refractivity contribution < 1.29 is 21.7 Å². The number of non-ortho nitro benzene ring substituents is 1. The number of nitro benzene ring substituents is 1. The normalized spacial score (nSPS) is 8.67. The predicted molar refractivity (Wildman–Crippen MR) is 41.9 cm³/mol. The zero-order valence-corrected chi connectivity index (χ0v) is 7.02. The third kappa shape index (κ3) is 2.11. The Morgan fingerprint density at radius 1 is 1.25 bits per heavy atom. The van der Waals surface area contributed by atoms with Crippen molar-refractivity contribution in [3.63, 3.8) is 0 Å². The number of rotatable bonds is 1. The molecule has 0 amide bonds. The van der Waals surface area contributed by atoms with Gasteiger partial charge in [0.2, 0.25) is 0 Å². The molecule has 0 saturated heterocycles. The van der Waals surface area contributed by atoms with E-state index in [9.17, 15) is 10.1 Å². The van der Waals surface area contributed by atoms with Gasteiger partial charge in [0.15, 0.2) is 0 Å². The van der Waals surface area contributed by atoms with Gasteiger partial charge in [-0.2, -0.15) is 0 Å². The van der Waals surface area contributed by atoms with Crippen molar-refractivity contribution in [2.75, 3.05) is 11.5 Å². The van der Waals surface area contributed by atoms with Gasteiger partial charge in [-0.1, -0.05) is 0 Å². The number of nitro groups is 1. The van der Waals surface area contributed by atoms with E-state index in [1.165, 1.54) is 18.2 Å². The molecule has 1 aromatic carbocycles. The van der Waals surface area contributed by atoms with Crippen LogP contribution in [0.25, 0.3) is 0 Å². The summed E-state index contributed by atoms with van der Waals surface area (Å²) in [5, 5.41) is 10.2. The predicted octanol–water partition coefficient (Wildman–Crippen LogP) is 0.757. The van der Waals surface area contributed by atoms with Gasteiger partial charge in [0.25, 0.3) is 5.69 Å². The summed E-state index contributed by atoms with van der Waals surface area (Å²) < 4.78 is 0. The van der Waals surface area contributed by atoms with E-state index in [0.717, 1.165) is 0 Å². The van der Waals surface area contributed by atoms with E-state index in [1.54, 1.807) is 0 Å². The average molecular weight is 212 g/mol. The molecule has 0 unspecified atom stereocenters. The molecule has 0 aliphatic heterocycles. The topological polar surface area (TPSA) is 95.2 Å². The number of nitrogens with two attached hydrogens (primary N) is 2. The largest absolute Gasteiger partial charge is 0.397 e. The van der Waals surface area contributed by atoms with E-state index in [4.69, 9.17) is 11.5 Å². The molecule has 1 aromatic rings. The third-order valence-corrected chi connectivity index (χ3v) is 1.28. The number of anilines is 2. The minimum atomic E-state index is -0.518. The summed E-state index contributed by atoms with van der Waals surface area (Å²) in [7, 11) is 0. The minimum Gasteiger partial charge on any atom is -0.397 e. The number of hydrogen-bond donors (Lipinski definition) is 2. The molecule has 67 valence electrons. The molecule has 0 heterocycles. The number of benzene rings is 1. The Bertz CT molecular complexity index is 303. The molecule has 5 nitrogen and oxygen atoms in total. The Hall–Kier alpha value is -1.27. The Labute approximate surface area is 79.1 Å². The van der Waals surface area contributed by atoms with Gasteiger partial charge in [0, 0.05) is 28.9 Å². The summed E-state index contributed by atoms with van der Waals surface area (Å²) in [6.45, 7) is 0. The van der Waals surface area contributed by atoms with Crippen LogP contribution in [0.5, 0.6) is 0 Å². The van der Waals surface area contributed by atoms with E-state index in [1.807, 2.05) is 0 Å². The van der Waals surface area contributed by atoms with E-state index in [-0.39, 0.29) is 28.2 Å². The van der Waals surface area contributed by atoms with Crippen molar-refractivity contribution in [1.29, 1.82) is 0 Å². The Balaban J connectivity index is 0.00000121. The molecule has 0 fully saturated rings. The maximum Gasteiger partial charge on any atom is 0.271 e. The van der Waals surface area contributed by atoms with Crippen LogP contribution in [0.2, 0.25) is 0 Å². The smallest absolute Gasteiger partial charge is 0.271 e. The van der Waals surface area contributed by atoms with Crippen LogP contribution < -0.4 is 11.5 Å². The zero-order valence-electron chi connectivity index (χ0n) is 5.98. The van der Waals surface area contributed by atoms with E-state index >= 15 is 0 Å². The molecular formula is C6H7CoN3O2. The van der Waals surface area contributed by atoms with Crippen LogP contribution in [0, 0.1) is 10.1 Å². The van der Waals surface area contributed by atoms with Gasteiger partial charge in [0.05, 0.1) is 16.3 Å². The van der Waals surface area contributed by atoms with Crippen molar-refractivity contribution in [1.82, 2.24) is 0 Å². The van der Waals surface area contributed by atoms with Crippen LogP contribution in [-0.4, -0.2) is 4.92 Å². The Morgan fingerprint density at radius 2 is 1.83 bits per heavy atom. The van der Waals surface area contributed by atoms with Gasteiger partial charge in [0.1, 0.15) is 0 Å². The molecule has 4 N–H and O–H groups in total. The molecule has 1 rings (SSSR count). The molecule has 0 aromatic heterocycles. The van der Waals surface area contributed by atoms with Crippen LogP contribution in [0.3, 0.4) is 0 Å². The van der Waals surface area contributed by atoms with E-state index in [2.05, 4.69) is 0 Å². The van der Waals surface area contributed by atoms with E-state index < -0.39 is 4.92 Å². The van der Waals surface area contributed by atoms with Crippen LogP contribution in [-0.2, 0) is 16.8 Å². The second kappa shape index (κ2) is 3.93. The van der Waals surface area contributed by atoms with Crippen molar-refractivity contribution in [3.05, 3.63) is 28.3 Å². The SMILES string of the molecule is Nc1ccc([N+](=O)[O-])cc1N.[Co]. The van der Waals surface area contributed by atoms with Gasteiger partial charge in [-0.3, -0.25) is 10.1 Å². The molecule has 6 heteroatoms. The number of nitrogen functional groups attached to an aromatic ring is 2. The summed E-state index contributed by atoms with van der Waals surface area (Å²) in [6, 6.07) is 3.95. The van der Waals surface area contributed by atoms with Gasteiger partial charge >= 0.3 is 0 Å². The molecule has 1 radical (unpaired) electrons. The molecular weight excluding hydrogens is 205 g/mol. The van der Waals surface area contributed by atoms with Gasteiger partial charge < -0.3 is 11.5 Å². The second-order valence-electron chi connectivity index (χ2n) is 2.07. The average Bonchev–Trinajstić information content (AvgIpc) is 1.94. The fourth-order valence-corrected chi connectivity index (χ4v) is 0.676. The molecule has 0 aliphatic rings. The number of nitrogens with zero attached hydrogens (tertiary/aromatic N) is 1. The third-order valence-electron chi connectivity index (χ3n) is 1.28. The monoisotopic (exact) mass is 212 g/mol. The van der Waals surface area contributed by atoms with Crippen LogP contribution >= 0.6 is 0 Å². The molecule has 0 bridgehead atoms. The van der Waals surface area contributed by atoms with Crippen molar-refractivity contribution in [2.45, 2.75) is 0 Å². The quantitative estimate of drug-likeness (QED) is 0.408. The van der Waals surface area contributed by atoms with E-state index in [0.29, 0.717) is 5.69 Å². The first kappa shape index (κ1) is 10.7. The molecule has 0 atom stereocenters. The van der Waals surface area contributed by atoms with Crippen molar-refractivity contribution in [2.24, 2.45) is 0 Å². The molecule has 0 aliphatic carbocycles. The zero-order chi connectivity index (χ0) is 8.43. The fourth-order valence-electron chi connectivity index (χ4n) is 0.676. The maximum absolute atomic E-state index is 10.2. The molecule has 0 saturated carbocycles. The van der Waals surface area contributed by atoms with Crippen LogP contribution in [0.15, 0.2) is 18.2 Å². The minimum absolute atomic E-state index is 0. The summed E-state index contributed by atoms with van der Waals surface area (Å²) in [5.41, 5.74) is 11.2. The number of hydrogen-bond acceptors (Lipinski definition) is 4. The van der Waals surface area contributed by atoms with Gasteiger partial charge in [-0.15, -0.1) is 0 Å². The molecule has 0 spiro atoms. The van der Waals surface area contributed by atoms with Crippen LogP contribution in [0.1, 0.15) is 0 Å². The fraction of sp³-hybridized carbons (Fsp3) is 0. The summed E-state index contributed by atoms with van der Waals surface area (Å²) >= 11 is 0. The first-order valence-electron chi connectivity index (χ1n) is 2.90. The first-order chi connectivity index (χ1) is 5.11. The summed E-state index contributed by atoms with van der Waals surface area (Å²) in [4.78, 5) is 9.66. The van der Waals surface area contributed by atoms with Crippen molar-refractivity contribution >= 4 is 17.1 Å². The molecule has 12 heavy (non-hydrogen) atoms. The summed E-state index contributed by atoms with van der Waals surface area (Å²) in [6.07, 6.45) is 0. The second-order valence-corrected chi connectivity index (χ2v) is 2.07. The van der Waals surface area contributed by atoms with Gasteiger partial charge in [-0.25, -0.2) is 0 Å². The maximum atomic E-state index is 10.2. The van der Waals surface area contributed by atoms with Crippen molar-refractivity contribution in [3.8, 4) is 0 Å². The Kier molecular flexibility index (Phi) is 3.51. The summed E-state index contributed by atoms with van der Waals surface area (Å²) in [5.74, 6) is 0. The van der Waals surface area contributed by atoms with Gasteiger partial charge in [-0.05, 0) is 6.07 Å².